The Labute approximate surface area is 102 Å². The fraction of sp³-hybridized carbons (Fsp3) is 0.538. The first-order valence-electron chi connectivity index (χ1n) is 5.81. The number of nitrogens with two attached hydrogens (primary N) is 1. The van der Waals surface area contributed by atoms with Crippen LogP contribution in [0.25, 0.3) is 0 Å². The van der Waals surface area contributed by atoms with E-state index in [2.05, 4.69) is 11.8 Å². The van der Waals surface area contributed by atoms with Crippen molar-refractivity contribution < 1.29 is 9.13 Å². The molecule has 4 heteroatoms. The quantitative estimate of drug-likeness (QED) is 0.826. The van der Waals surface area contributed by atoms with E-state index >= 15 is 0 Å². The molecule has 0 saturated carbocycles. The van der Waals surface area contributed by atoms with Gasteiger partial charge >= 0.3 is 0 Å². The number of rotatable bonds is 6. The minimum absolute atomic E-state index is 0.284. The van der Waals surface area contributed by atoms with Crippen LogP contribution in [0.4, 0.5) is 4.39 Å². The zero-order valence-corrected chi connectivity index (χ0v) is 10.7. The smallest absolute Gasteiger partial charge is 0.165 e. The van der Waals surface area contributed by atoms with Gasteiger partial charge in [0.2, 0.25) is 0 Å². The van der Waals surface area contributed by atoms with Crippen LogP contribution in [0, 0.1) is 5.82 Å². The summed E-state index contributed by atoms with van der Waals surface area (Å²) in [7, 11) is 3.48. The second-order valence-corrected chi connectivity index (χ2v) is 4.31. The molecule has 2 N–H and O–H groups in total. The summed E-state index contributed by atoms with van der Waals surface area (Å²) in [5, 5.41) is 0. The lowest BCUT2D eigenvalue weighted by molar-refractivity contribution is 0.240. The fourth-order valence-corrected chi connectivity index (χ4v) is 1.71. The number of hydrogen-bond acceptors (Lipinski definition) is 3. The van der Waals surface area contributed by atoms with Gasteiger partial charge in [-0.1, -0.05) is 6.07 Å². The number of ether oxygens (including phenoxy) is 1. The molecular weight excluding hydrogens is 219 g/mol. The Hall–Kier alpha value is -1.13. The molecule has 0 aromatic heterocycles. The van der Waals surface area contributed by atoms with Gasteiger partial charge in [-0.25, -0.2) is 4.39 Å². The maximum absolute atomic E-state index is 13.5. The highest BCUT2D eigenvalue weighted by Gasteiger charge is 2.10. The summed E-state index contributed by atoms with van der Waals surface area (Å²) in [5.74, 6) is -0.0312. The van der Waals surface area contributed by atoms with E-state index in [0.717, 1.165) is 12.0 Å². The summed E-state index contributed by atoms with van der Waals surface area (Å²) < 4.78 is 18.4. The highest BCUT2D eigenvalue weighted by molar-refractivity contribution is 5.29. The van der Waals surface area contributed by atoms with Gasteiger partial charge in [-0.3, -0.25) is 4.90 Å². The van der Waals surface area contributed by atoms with Crippen molar-refractivity contribution in [1.82, 2.24) is 4.90 Å². The van der Waals surface area contributed by atoms with Gasteiger partial charge in [0, 0.05) is 12.6 Å². The van der Waals surface area contributed by atoms with Crippen LogP contribution in [-0.4, -0.2) is 31.6 Å². The Kier molecular flexibility index (Phi) is 5.38. The molecule has 0 radical (unpaired) electrons. The Bertz CT molecular complexity index is 357. The maximum Gasteiger partial charge on any atom is 0.165 e. The Morgan fingerprint density at radius 1 is 1.47 bits per heavy atom. The van der Waals surface area contributed by atoms with Crippen molar-refractivity contribution in [2.45, 2.75) is 25.9 Å². The Balaban J connectivity index is 2.65. The minimum Gasteiger partial charge on any atom is -0.494 e. The Morgan fingerprint density at radius 2 is 2.18 bits per heavy atom. The second-order valence-electron chi connectivity index (χ2n) is 4.31. The molecular formula is C13H21FN2O. The van der Waals surface area contributed by atoms with Gasteiger partial charge in [0.15, 0.2) is 11.6 Å². The van der Waals surface area contributed by atoms with Crippen molar-refractivity contribution in [2.75, 3.05) is 20.7 Å². The van der Waals surface area contributed by atoms with Crippen LogP contribution < -0.4 is 10.5 Å². The predicted molar refractivity (Wildman–Crippen MR) is 67.6 cm³/mol. The molecule has 0 spiro atoms. The first-order valence-corrected chi connectivity index (χ1v) is 5.81. The fourth-order valence-electron chi connectivity index (χ4n) is 1.71. The van der Waals surface area contributed by atoms with E-state index in [1.807, 2.05) is 13.1 Å². The number of methoxy groups -OCH3 is 1. The monoisotopic (exact) mass is 240 g/mol. The van der Waals surface area contributed by atoms with Crippen molar-refractivity contribution in [1.29, 1.82) is 0 Å². The van der Waals surface area contributed by atoms with E-state index in [1.165, 1.54) is 13.2 Å². The minimum atomic E-state index is -0.315. The Morgan fingerprint density at radius 3 is 2.71 bits per heavy atom. The number of nitrogens with zero attached hydrogens (tertiary/aromatic N) is 1. The van der Waals surface area contributed by atoms with E-state index in [0.29, 0.717) is 19.1 Å². The van der Waals surface area contributed by atoms with Gasteiger partial charge in [0.1, 0.15) is 0 Å². The van der Waals surface area contributed by atoms with E-state index in [4.69, 9.17) is 10.5 Å². The number of hydrogen-bond donors (Lipinski definition) is 1. The number of halogens is 1. The molecule has 1 atom stereocenters. The molecule has 0 aliphatic rings. The van der Waals surface area contributed by atoms with Gasteiger partial charge in [0.25, 0.3) is 0 Å². The summed E-state index contributed by atoms with van der Waals surface area (Å²) in [6.45, 7) is 3.50. The first-order chi connectivity index (χ1) is 8.08. The van der Waals surface area contributed by atoms with Crippen molar-refractivity contribution in [3.05, 3.63) is 29.6 Å². The van der Waals surface area contributed by atoms with Gasteiger partial charge in [0.05, 0.1) is 7.11 Å². The molecule has 1 aromatic carbocycles. The van der Waals surface area contributed by atoms with Crippen molar-refractivity contribution in [2.24, 2.45) is 5.73 Å². The molecule has 0 amide bonds. The first kappa shape index (κ1) is 13.9. The number of benzene rings is 1. The predicted octanol–water partition coefficient (Wildman–Crippen LogP) is 2.00. The van der Waals surface area contributed by atoms with Gasteiger partial charge < -0.3 is 10.5 Å². The van der Waals surface area contributed by atoms with Gasteiger partial charge in [-0.15, -0.1) is 0 Å². The van der Waals surface area contributed by atoms with Crippen LogP contribution in [0.15, 0.2) is 18.2 Å². The van der Waals surface area contributed by atoms with Gasteiger partial charge in [-0.2, -0.15) is 0 Å². The lowest BCUT2D eigenvalue weighted by atomic mass is 10.1. The zero-order chi connectivity index (χ0) is 12.8. The molecule has 1 rings (SSSR count). The molecule has 1 unspecified atom stereocenters. The normalized spacial score (nSPS) is 12.8. The van der Waals surface area contributed by atoms with Crippen LogP contribution in [-0.2, 0) is 6.54 Å². The lowest BCUT2D eigenvalue weighted by Crippen LogP contribution is -2.30. The van der Waals surface area contributed by atoms with Crippen molar-refractivity contribution in [3.63, 3.8) is 0 Å². The molecule has 96 valence electrons. The lowest BCUT2D eigenvalue weighted by Gasteiger charge is -2.24. The molecule has 0 saturated heterocycles. The molecule has 0 heterocycles. The highest BCUT2D eigenvalue weighted by atomic mass is 19.1. The van der Waals surface area contributed by atoms with E-state index in [1.54, 1.807) is 6.07 Å². The van der Waals surface area contributed by atoms with E-state index < -0.39 is 0 Å². The topological polar surface area (TPSA) is 38.5 Å². The molecule has 0 aliphatic carbocycles. The molecule has 0 aliphatic heterocycles. The van der Waals surface area contributed by atoms with E-state index in [9.17, 15) is 4.39 Å². The molecule has 1 aromatic rings. The molecule has 0 bridgehead atoms. The standard InChI is InChI=1S/C13H21FN2O/c1-10(6-7-15)16(2)9-11-4-5-13(17-3)12(14)8-11/h4-5,8,10H,6-7,9,15H2,1-3H3. The van der Waals surface area contributed by atoms with Crippen molar-refractivity contribution in [3.8, 4) is 5.75 Å². The van der Waals surface area contributed by atoms with E-state index in [-0.39, 0.29) is 11.6 Å². The third kappa shape index (κ3) is 3.98. The average molecular weight is 240 g/mol. The third-order valence-electron chi connectivity index (χ3n) is 2.99. The zero-order valence-electron chi connectivity index (χ0n) is 10.7. The molecule has 3 nitrogen and oxygen atoms in total. The SMILES string of the molecule is COc1ccc(CN(C)C(C)CCN)cc1F. The second kappa shape index (κ2) is 6.57. The highest BCUT2D eigenvalue weighted by Crippen LogP contribution is 2.19. The third-order valence-corrected chi connectivity index (χ3v) is 2.99. The van der Waals surface area contributed by atoms with Crippen molar-refractivity contribution >= 4 is 0 Å². The van der Waals surface area contributed by atoms with Crippen LogP contribution in [0.5, 0.6) is 5.75 Å². The summed E-state index contributed by atoms with van der Waals surface area (Å²) in [4.78, 5) is 2.16. The van der Waals surface area contributed by atoms with Gasteiger partial charge in [-0.05, 0) is 44.6 Å². The molecule has 0 fully saturated rings. The summed E-state index contributed by atoms with van der Waals surface area (Å²) in [5.41, 5.74) is 6.46. The van der Waals surface area contributed by atoms with Crippen LogP contribution >= 0.6 is 0 Å². The molecule has 17 heavy (non-hydrogen) atoms. The maximum atomic E-state index is 13.5. The summed E-state index contributed by atoms with van der Waals surface area (Å²) in [6.07, 6.45) is 0.940. The summed E-state index contributed by atoms with van der Waals surface area (Å²) >= 11 is 0. The summed E-state index contributed by atoms with van der Waals surface area (Å²) in [6, 6.07) is 5.45. The van der Waals surface area contributed by atoms with Crippen LogP contribution in [0.3, 0.4) is 0 Å². The largest absolute Gasteiger partial charge is 0.494 e. The van der Waals surface area contributed by atoms with Crippen LogP contribution in [0.1, 0.15) is 18.9 Å². The average Bonchev–Trinajstić information content (AvgIpc) is 2.29. The van der Waals surface area contributed by atoms with Crippen LogP contribution in [0.2, 0.25) is 0 Å².